The quantitative estimate of drug-likeness (QED) is 0.768. The predicted octanol–water partition coefficient (Wildman–Crippen LogP) is 4.51. The van der Waals surface area contributed by atoms with Crippen molar-refractivity contribution in [2.75, 3.05) is 6.61 Å². The normalized spacial score (nSPS) is 13.7. The monoisotopic (exact) mass is 333 g/mol. The molecule has 0 bridgehead atoms. The lowest BCUT2D eigenvalue weighted by molar-refractivity contribution is -0.358. The highest BCUT2D eigenvalue weighted by atomic mass is 32.1. The molecule has 1 aromatic heterocycles. The van der Waals surface area contributed by atoms with Crippen molar-refractivity contribution in [1.82, 2.24) is 4.98 Å². The van der Waals surface area contributed by atoms with E-state index in [4.69, 9.17) is 0 Å². The molecule has 0 atom stereocenters. The number of nitrogens with zero attached hydrogens (tertiary/aromatic N) is 1. The van der Waals surface area contributed by atoms with Gasteiger partial charge in [-0.05, 0) is 12.1 Å². The molecule has 10 heteroatoms. The Bertz CT molecular complexity index is 604. The van der Waals surface area contributed by atoms with Crippen LogP contribution in [0.25, 0.3) is 10.2 Å². The van der Waals surface area contributed by atoms with Crippen LogP contribution in [-0.4, -0.2) is 29.6 Å². The maximum absolute atomic E-state index is 13.0. The summed E-state index contributed by atoms with van der Waals surface area (Å²) in [6.45, 7) is -2.13. The first-order chi connectivity index (χ1) is 9.54. The van der Waals surface area contributed by atoms with Crippen LogP contribution in [0.5, 0.6) is 5.19 Å². The number of rotatable bonds is 4. The molecule has 0 spiro atoms. The minimum absolute atomic E-state index is 0.364. The Morgan fingerprint density at radius 3 is 2.19 bits per heavy atom. The molecule has 0 unspecified atom stereocenters. The van der Waals surface area contributed by atoms with Crippen molar-refractivity contribution < 1.29 is 35.5 Å². The molecule has 21 heavy (non-hydrogen) atoms. The second kappa shape index (κ2) is 5.00. The van der Waals surface area contributed by atoms with Crippen molar-refractivity contribution in [3.63, 3.8) is 0 Å². The molecule has 0 radical (unpaired) electrons. The Labute approximate surface area is 117 Å². The van der Waals surface area contributed by atoms with Gasteiger partial charge in [-0.2, -0.15) is 30.7 Å². The molecule has 2 rings (SSSR count). The zero-order valence-electron chi connectivity index (χ0n) is 9.93. The molecule has 1 aromatic carbocycles. The van der Waals surface area contributed by atoms with E-state index in [1.165, 1.54) is 6.07 Å². The first-order valence-corrected chi connectivity index (χ1v) is 6.17. The van der Waals surface area contributed by atoms with E-state index in [0.29, 0.717) is 10.2 Å². The minimum Gasteiger partial charge on any atom is -0.463 e. The van der Waals surface area contributed by atoms with Crippen LogP contribution in [0.2, 0.25) is 0 Å². The van der Waals surface area contributed by atoms with Gasteiger partial charge in [0.05, 0.1) is 10.2 Å². The van der Waals surface area contributed by atoms with Gasteiger partial charge in [-0.1, -0.05) is 23.5 Å². The van der Waals surface area contributed by atoms with E-state index in [-0.39, 0.29) is 0 Å². The summed E-state index contributed by atoms with van der Waals surface area (Å²) in [7, 11) is 0. The van der Waals surface area contributed by atoms with E-state index in [0.717, 1.165) is 11.3 Å². The fourth-order valence-corrected chi connectivity index (χ4v) is 2.18. The number of halogens is 7. The van der Waals surface area contributed by atoms with Crippen LogP contribution in [0.4, 0.5) is 30.7 Å². The van der Waals surface area contributed by atoms with Crippen LogP contribution in [0.3, 0.4) is 0 Å². The third-order valence-electron chi connectivity index (χ3n) is 2.47. The summed E-state index contributed by atoms with van der Waals surface area (Å²) in [5.41, 5.74) is 0.364. The number of fused-ring (bicyclic) bond motifs is 1. The van der Waals surface area contributed by atoms with Gasteiger partial charge in [0.15, 0.2) is 6.61 Å². The average Bonchev–Trinajstić information content (AvgIpc) is 2.77. The number of benzene rings is 1. The first-order valence-electron chi connectivity index (χ1n) is 5.35. The van der Waals surface area contributed by atoms with Gasteiger partial charge in [-0.3, -0.25) is 0 Å². The summed E-state index contributed by atoms with van der Waals surface area (Å²) in [5.74, 6) is -11.6. The third-order valence-corrected chi connectivity index (χ3v) is 3.42. The molecule has 116 valence electrons. The van der Waals surface area contributed by atoms with Gasteiger partial charge in [-0.25, -0.2) is 4.98 Å². The van der Waals surface area contributed by atoms with E-state index in [9.17, 15) is 30.7 Å². The Morgan fingerprint density at radius 2 is 1.62 bits per heavy atom. The van der Waals surface area contributed by atoms with Crippen molar-refractivity contribution in [2.24, 2.45) is 0 Å². The molecule has 0 N–H and O–H groups in total. The van der Waals surface area contributed by atoms with Crippen LogP contribution in [-0.2, 0) is 0 Å². The lowest BCUT2D eigenvalue weighted by atomic mass is 10.2. The highest BCUT2D eigenvalue weighted by Gasteiger charge is 2.73. The van der Waals surface area contributed by atoms with E-state index in [1.54, 1.807) is 18.2 Å². The largest absolute Gasteiger partial charge is 0.463 e. The van der Waals surface area contributed by atoms with Crippen LogP contribution >= 0.6 is 11.3 Å². The lowest BCUT2D eigenvalue weighted by Gasteiger charge is -2.27. The molecular formula is C11H6F7NOS. The maximum atomic E-state index is 13.0. The molecule has 2 nitrogen and oxygen atoms in total. The summed E-state index contributed by atoms with van der Waals surface area (Å²) in [6.07, 6.45) is -6.37. The van der Waals surface area contributed by atoms with Crippen molar-refractivity contribution in [1.29, 1.82) is 0 Å². The fourth-order valence-electron chi connectivity index (χ4n) is 1.36. The topological polar surface area (TPSA) is 22.1 Å². The standard InChI is InChI=1S/C11H6F7NOS/c12-9(13,10(14,15)11(16,17)18)5-20-8-19-6-3-1-2-4-7(6)21-8/h1-4H,5H2. The second-order valence-electron chi connectivity index (χ2n) is 4.01. The van der Waals surface area contributed by atoms with Gasteiger partial charge in [-0.15, -0.1) is 0 Å². The molecule has 0 aliphatic heterocycles. The summed E-state index contributed by atoms with van der Waals surface area (Å²) in [5, 5.41) is -0.408. The number of ether oxygens (including phenoxy) is 1. The Morgan fingerprint density at radius 1 is 1.00 bits per heavy atom. The van der Waals surface area contributed by atoms with Gasteiger partial charge in [0, 0.05) is 0 Å². The highest BCUT2D eigenvalue weighted by molar-refractivity contribution is 7.20. The molecule has 0 fully saturated rings. The fraction of sp³-hybridized carbons (Fsp3) is 0.364. The predicted molar refractivity (Wildman–Crippen MR) is 61.1 cm³/mol. The summed E-state index contributed by atoms with van der Waals surface area (Å²) < 4.78 is 91.9. The van der Waals surface area contributed by atoms with Crippen molar-refractivity contribution in [3.05, 3.63) is 24.3 Å². The molecular weight excluding hydrogens is 327 g/mol. The summed E-state index contributed by atoms with van der Waals surface area (Å²) >= 11 is 0.763. The summed E-state index contributed by atoms with van der Waals surface area (Å²) in [4.78, 5) is 3.70. The smallest absolute Gasteiger partial charge is 0.460 e. The molecule has 0 aliphatic carbocycles. The Balaban J connectivity index is 2.14. The van der Waals surface area contributed by atoms with Gasteiger partial charge < -0.3 is 4.74 Å². The lowest BCUT2D eigenvalue weighted by Crippen LogP contribution is -2.54. The van der Waals surface area contributed by atoms with Crippen LogP contribution in [0, 0.1) is 0 Å². The van der Waals surface area contributed by atoms with E-state index in [1.807, 2.05) is 0 Å². The molecule has 0 aliphatic rings. The highest BCUT2D eigenvalue weighted by Crippen LogP contribution is 2.46. The number of para-hydroxylation sites is 1. The maximum Gasteiger partial charge on any atom is 0.460 e. The van der Waals surface area contributed by atoms with Gasteiger partial charge in [0.2, 0.25) is 0 Å². The second-order valence-corrected chi connectivity index (χ2v) is 5.01. The molecule has 0 saturated carbocycles. The van der Waals surface area contributed by atoms with Crippen LogP contribution in [0.15, 0.2) is 24.3 Å². The third kappa shape index (κ3) is 2.89. The number of thiazole rings is 1. The zero-order valence-corrected chi connectivity index (χ0v) is 10.7. The van der Waals surface area contributed by atoms with Crippen LogP contribution < -0.4 is 4.74 Å². The number of alkyl halides is 7. The van der Waals surface area contributed by atoms with Gasteiger partial charge in [0.25, 0.3) is 5.19 Å². The molecule has 0 saturated heterocycles. The number of aromatic nitrogens is 1. The van der Waals surface area contributed by atoms with Crippen molar-refractivity contribution in [3.8, 4) is 5.19 Å². The van der Waals surface area contributed by atoms with Crippen molar-refractivity contribution >= 4 is 21.6 Å². The SMILES string of the molecule is FC(F)(F)C(F)(F)C(F)(F)COc1nc2ccccc2s1. The van der Waals surface area contributed by atoms with E-state index >= 15 is 0 Å². The molecule has 2 aromatic rings. The first kappa shape index (κ1) is 15.8. The molecule has 1 heterocycles. The average molecular weight is 333 g/mol. The zero-order chi connectivity index (χ0) is 15.9. The Kier molecular flexibility index (Phi) is 3.77. The van der Waals surface area contributed by atoms with Gasteiger partial charge >= 0.3 is 18.0 Å². The van der Waals surface area contributed by atoms with Gasteiger partial charge in [0.1, 0.15) is 0 Å². The number of hydrogen-bond donors (Lipinski definition) is 0. The van der Waals surface area contributed by atoms with E-state index in [2.05, 4.69) is 9.72 Å². The van der Waals surface area contributed by atoms with Crippen molar-refractivity contribution in [2.45, 2.75) is 18.0 Å². The minimum atomic E-state index is -6.37. The van der Waals surface area contributed by atoms with E-state index < -0.39 is 29.8 Å². The number of hydrogen-bond acceptors (Lipinski definition) is 3. The summed E-state index contributed by atoms with van der Waals surface area (Å²) in [6, 6.07) is 6.30. The Hall–Kier alpha value is -1.58. The molecule has 0 amide bonds. The van der Waals surface area contributed by atoms with Crippen LogP contribution in [0.1, 0.15) is 0 Å².